The molecule has 3 aromatic rings. The van der Waals surface area contributed by atoms with Crippen LogP contribution in [0.2, 0.25) is 0 Å². The molecule has 11 heteroatoms. The van der Waals surface area contributed by atoms with Gasteiger partial charge in [0.15, 0.2) is 5.16 Å². The van der Waals surface area contributed by atoms with Crippen molar-refractivity contribution in [2.45, 2.75) is 48.6 Å². The molecule has 1 aliphatic rings. The van der Waals surface area contributed by atoms with E-state index in [1.54, 1.807) is 19.1 Å². The standard InChI is InChI=1S/C15H14F3N7S/c1-3-6-24-11(9-4-5-9)21-22-14(24)26-10-7-8(2)19-13-20-12(15(16,17)18)23-25(10)13/h3,7,9H,1,4-6H2,2H3. The van der Waals surface area contributed by atoms with Crippen molar-refractivity contribution in [1.82, 2.24) is 34.3 Å². The predicted molar refractivity (Wildman–Crippen MR) is 86.8 cm³/mol. The number of hydrogen-bond acceptors (Lipinski definition) is 6. The number of nitrogens with zero attached hydrogens (tertiary/aromatic N) is 7. The number of aryl methyl sites for hydroxylation is 1. The minimum Gasteiger partial charge on any atom is -0.302 e. The molecule has 0 N–H and O–H groups in total. The summed E-state index contributed by atoms with van der Waals surface area (Å²) >= 11 is 1.18. The van der Waals surface area contributed by atoms with Crippen LogP contribution in [0, 0.1) is 6.92 Å². The SMILES string of the molecule is C=CCn1c(Sc2cc(C)nc3nc(C(F)(F)F)nn23)nnc1C1CC1. The lowest BCUT2D eigenvalue weighted by Crippen LogP contribution is -2.08. The minimum atomic E-state index is -4.63. The van der Waals surface area contributed by atoms with E-state index < -0.39 is 12.0 Å². The third kappa shape index (κ3) is 3.06. The number of fused-ring (bicyclic) bond motifs is 1. The van der Waals surface area contributed by atoms with Crippen LogP contribution in [0.4, 0.5) is 13.2 Å². The molecular formula is C15H14F3N7S. The van der Waals surface area contributed by atoms with E-state index in [0.717, 1.165) is 23.2 Å². The second kappa shape index (κ2) is 6.08. The Bertz CT molecular complexity index is 987. The van der Waals surface area contributed by atoms with Crippen LogP contribution >= 0.6 is 11.8 Å². The van der Waals surface area contributed by atoms with E-state index in [-0.39, 0.29) is 5.78 Å². The van der Waals surface area contributed by atoms with Crippen molar-refractivity contribution in [3.8, 4) is 0 Å². The van der Waals surface area contributed by atoms with Crippen LogP contribution in [0.25, 0.3) is 5.78 Å². The Balaban J connectivity index is 1.77. The highest BCUT2D eigenvalue weighted by atomic mass is 32.2. The van der Waals surface area contributed by atoms with Crippen LogP contribution in [0.15, 0.2) is 28.9 Å². The van der Waals surface area contributed by atoms with Crippen LogP contribution in [0.5, 0.6) is 0 Å². The quantitative estimate of drug-likeness (QED) is 0.499. The molecule has 0 bridgehead atoms. The van der Waals surface area contributed by atoms with Crippen LogP contribution in [0.1, 0.15) is 36.1 Å². The molecule has 3 heterocycles. The fourth-order valence-electron chi connectivity index (χ4n) is 2.56. The van der Waals surface area contributed by atoms with Gasteiger partial charge in [0.2, 0.25) is 0 Å². The molecule has 0 radical (unpaired) electrons. The third-order valence-corrected chi connectivity index (χ3v) is 4.84. The number of rotatable bonds is 5. The number of halogens is 3. The second-order valence-electron chi connectivity index (χ2n) is 6.00. The molecule has 0 unspecified atom stereocenters. The lowest BCUT2D eigenvalue weighted by molar-refractivity contribution is -0.144. The van der Waals surface area contributed by atoms with Gasteiger partial charge in [-0.1, -0.05) is 6.08 Å². The molecule has 26 heavy (non-hydrogen) atoms. The van der Waals surface area contributed by atoms with Gasteiger partial charge in [-0.15, -0.1) is 21.9 Å². The smallest absolute Gasteiger partial charge is 0.302 e. The van der Waals surface area contributed by atoms with Crippen molar-refractivity contribution in [1.29, 1.82) is 0 Å². The lowest BCUT2D eigenvalue weighted by atomic mass is 10.4. The summed E-state index contributed by atoms with van der Waals surface area (Å²) in [6.45, 7) is 5.97. The third-order valence-electron chi connectivity index (χ3n) is 3.86. The molecule has 7 nitrogen and oxygen atoms in total. The molecule has 0 aliphatic heterocycles. The average Bonchev–Trinajstić information content (AvgIpc) is 3.18. The maximum Gasteiger partial charge on any atom is 0.453 e. The van der Waals surface area contributed by atoms with E-state index in [1.807, 2.05) is 4.57 Å². The Labute approximate surface area is 150 Å². The van der Waals surface area contributed by atoms with Gasteiger partial charge in [0.25, 0.3) is 11.6 Å². The van der Waals surface area contributed by atoms with Crippen LogP contribution in [-0.2, 0) is 12.7 Å². The molecule has 0 aromatic carbocycles. The second-order valence-corrected chi connectivity index (χ2v) is 6.98. The molecule has 1 fully saturated rings. The van der Waals surface area contributed by atoms with Gasteiger partial charge in [0, 0.05) is 18.2 Å². The van der Waals surface area contributed by atoms with E-state index in [0.29, 0.717) is 28.3 Å². The maximum atomic E-state index is 12.9. The number of allylic oxidation sites excluding steroid dienone is 1. The largest absolute Gasteiger partial charge is 0.453 e. The molecule has 0 saturated heterocycles. The van der Waals surface area contributed by atoms with Gasteiger partial charge < -0.3 is 4.57 Å². The Kier molecular flexibility index (Phi) is 3.98. The minimum absolute atomic E-state index is 0.1000. The summed E-state index contributed by atoms with van der Waals surface area (Å²) in [5.74, 6) is -0.0519. The summed E-state index contributed by atoms with van der Waals surface area (Å²) in [6.07, 6.45) is -0.761. The van der Waals surface area contributed by atoms with Crippen molar-refractivity contribution >= 4 is 17.5 Å². The fourth-order valence-corrected chi connectivity index (χ4v) is 3.55. The average molecular weight is 381 g/mol. The monoisotopic (exact) mass is 381 g/mol. The summed E-state index contributed by atoms with van der Waals surface area (Å²) < 4.78 is 41.8. The zero-order chi connectivity index (χ0) is 18.5. The van der Waals surface area contributed by atoms with Gasteiger partial charge in [-0.05, 0) is 37.6 Å². The van der Waals surface area contributed by atoms with E-state index in [4.69, 9.17) is 0 Å². The highest BCUT2D eigenvalue weighted by Gasteiger charge is 2.37. The lowest BCUT2D eigenvalue weighted by Gasteiger charge is -2.08. The molecule has 0 amide bonds. The van der Waals surface area contributed by atoms with Crippen LogP contribution in [0.3, 0.4) is 0 Å². The Hall–Kier alpha value is -2.43. The first-order chi connectivity index (χ1) is 12.4. The summed E-state index contributed by atoms with van der Waals surface area (Å²) in [5, 5.41) is 13.0. The normalized spacial score (nSPS) is 14.9. The highest BCUT2D eigenvalue weighted by molar-refractivity contribution is 7.99. The molecular weight excluding hydrogens is 367 g/mol. The van der Waals surface area contributed by atoms with Gasteiger partial charge >= 0.3 is 6.18 Å². The van der Waals surface area contributed by atoms with E-state index in [2.05, 4.69) is 31.8 Å². The molecule has 1 saturated carbocycles. The first-order valence-corrected chi connectivity index (χ1v) is 8.72. The van der Waals surface area contributed by atoms with Gasteiger partial charge in [-0.25, -0.2) is 4.98 Å². The Morgan fingerprint density at radius 2 is 2.08 bits per heavy atom. The Morgan fingerprint density at radius 1 is 1.31 bits per heavy atom. The zero-order valence-electron chi connectivity index (χ0n) is 13.7. The van der Waals surface area contributed by atoms with Crippen LogP contribution < -0.4 is 0 Å². The van der Waals surface area contributed by atoms with E-state index in [9.17, 15) is 13.2 Å². The van der Waals surface area contributed by atoms with Crippen LogP contribution in [-0.4, -0.2) is 34.3 Å². The summed E-state index contributed by atoms with van der Waals surface area (Å²) in [4.78, 5) is 7.52. The van der Waals surface area contributed by atoms with Gasteiger partial charge in [0.1, 0.15) is 10.9 Å². The Morgan fingerprint density at radius 3 is 2.73 bits per heavy atom. The number of alkyl halides is 3. The highest BCUT2D eigenvalue weighted by Crippen LogP contribution is 2.40. The topological polar surface area (TPSA) is 73.8 Å². The molecule has 4 rings (SSSR count). The first-order valence-electron chi connectivity index (χ1n) is 7.90. The summed E-state index contributed by atoms with van der Waals surface area (Å²) in [7, 11) is 0. The van der Waals surface area contributed by atoms with Gasteiger partial charge in [-0.3, -0.25) is 0 Å². The summed E-state index contributed by atoms with van der Waals surface area (Å²) in [6, 6.07) is 1.65. The predicted octanol–water partition coefficient (Wildman–Crippen LogP) is 3.26. The fraction of sp³-hybridized carbons (Fsp3) is 0.400. The molecule has 1 aliphatic carbocycles. The molecule has 0 atom stereocenters. The van der Waals surface area contributed by atoms with Crippen molar-refractivity contribution in [3.63, 3.8) is 0 Å². The van der Waals surface area contributed by atoms with Crippen molar-refractivity contribution in [2.24, 2.45) is 0 Å². The van der Waals surface area contributed by atoms with Crippen molar-refractivity contribution in [2.75, 3.05) is 0 Å². The molecule has 0 spiro atoms. The number of aromatic nitrogens is 7. The zero-order valence-corrected chi connectivity index (χ0v) is 14.5. The van der Waals surface area contributed by atoms with Crippen molar-refractivity contribution < 1.29 is 13.2 Å². The molecule has 136 valence electrons. The summed E-state index contributed by atoms with van der Waals surface area (Å²) in [5.41, 5.74) is 0.540. The first kappa shape index (κ1) is 17.0. The van der Waals surface area contributed by atoms with E-state index in [1.165, 1.54) is 11.8 Å². The number of hydrogen-bond donors (Lipinski definition) is 0. The van der Waals surface area contributed by atoms with E-state index >= 15 is 0 Å². The molecule has 3 aromatic heterocycles. The van der Waals surface area contributed by atoms with Gasteiger partial charge in [0.05, 0.1) is 0 Å². The van der Waals surface area contributed by atoms with Gasteiger partial charge in [-0.2, -0.15) is 22.7 Å². The van der Waals surface area contributed by atoms with Crippen molar-refractivity contribution in [3.05, 3.63) is 36.1 Å². The maximum absolute atomic E-state index is 12.9.